The zero-order chi connectivity index (χ0) is 19.1. The average Bonchev–Trinajstić information content (AvgIpc) is 2.70. The Bertz CT molecular complexity index is 924. The van der Waals surface area contributed by atoms with Crippen molar-refractivity contribution in [1.29, 1.82) is 0 Å². The molecule has 0 spiro atoms. The fourth-order valence-corrected chi connectivity index (χ4v) is 2.90. The Hall–Kier alpha value is -2.35. The van der Waals surface area contributed by atoms with Gasteiger partial charge in [0.1, 0.15) is 11.9 Å². The van der Waals surface area contributed by atoms with Crippen molar-refractivity contribution in [3.05, 3.63) is 71.9 Å². The molecule has 1 heterocycles. The summed E-state index contributed by atoms with van der Waals surface area (Å²) < 4.78 is 6.01. The Morgan fingerprint density at radius 3 is 2.64 bits per heavy atom. The molecule has 1 aromatic heterocycles. The molecule has 3 rings (SSSR count). The predicted molar refractivity (Wildman–Crippen MR) is 127 cm³/mol. The van der Waals surface area contributed by atoms with Gasteiger partial charge in [0.15, 0.2) is 5.96 Å². The van der Waals surface area contributed by atoms with Gasteiger partial charge >= 0.3 is 0 Å². The number of nitrogens with one attached hydrogen (secondary N) is 2. The number of aryl methyl sites for hydroxylation is 1. The molecule has 0 saturated carbocycles. The van der Waals surface area contributed by atoms with Crippen LogP contribution < -0.4 is 15.4 Å². The van der Waals surface area contributed by atoms with E-state index in [0.29, 0.717) is 13.1 Å². The van der Waals surface area contributed by atoms with E-state index in [-0.39, 0.29) is 30.1 Å². The van der Waals surface area contributed by atoms with Gasteiger partial charge in [0.25, 0.3) is 0 Å². The number of nitrogens with zero attached hydrogens (tertiary/aromatic N) is 2. The van der Waals surface area contributed by atoms with Crippen molar-refractivity contribution in [3.8, 4) is 5.75 Å². The molecule has 0 aliphatic rings. The highest BCUT2D eigenvalue weighted by molar-refractivity contribution is 14.0. The lowest BCUT2D eigenvalue weighted by molar-refractivity contribution is 0.222. The van der Waals surface area contributed by atoms with Gasteiger partial charge in [-0.2, -0.15) is 0 Å². The molecule has 0 fully saturated rings. The van der Waals surface area contributed by atoms with Crippen LogP contribution in [0.2, 0.25) is 0 Å². The van der Waals surface area contributed by atoms with Crippen LogP contribution in [0.5, 0.6) is 5.75 Å². The minimum Gasteiger partial charge on any atom is -0.489 e. The maximum absolute atomic E-state index is 6.01. The van der Waals surface area contributed by atoms with Gasteiger partial charge in [0.05, 0.1) is 12.1 Å². The Morgan fingerprint density at radius 2 is 1.86 bits per heavy atom. The summed E-state index contributed by atoms with van der Waals surface area (Å²) in [5.41, 5.74) is 3.29. The van der Waals surface area contributed by atoms with Crippen LogP contribution in [0.1, 0.15) is 18.1 Å². The topological polar surface area (TPSA) is 58.5 Å². The number of hydrogen-bond acceptors (Lipinski definition) is 3. The standard InChI is InChI=1S/C22H26N4O.HI/c1-16-8-4-5-12-20(16)27-17(2)14-25-22(23-3)26-15-19-10-6-9-18-11-7-13-24-21(18)19;/h4-13,17H,14-15H2,1-3H3,(H2,23,25,26);1H. The minimum atomic E-state index is 0. The first-order valence-electron chi connectivity index (χ1n) is 9.17. The van der Waals surface area contributed by atoms with Crippen molar-refractivity contribution in [2.45, 2.75) is 26.5 Å². The Kier molecular flexibility index (Phi) is 8.50. The van der Waals surface area contributed by atoms with Crippen LogP contribution in [-0.2, 0) is 6.54 Å². The smallest absolute Gasteiger partial charge is 0.191 e. The molecule has 1 atom stereocenters. The van der Waals surface area contributed by atoms with Crippen LogP contribution in [-0.4, -0.2) is 30.6 Å². The summed E-state index contributed by atoms with van der Waals surface area (Å²) in [4.78, 5) is 8.79. The number of hydrogen-bond donors (Lipinski definition) is 2. The zero-order valence-corrected chi connectivity index (χ0v) is 18.8. The number of ether oxygens (including phenoxy) is 1. The van der Waals surface area contributed by atoms with Gasteiger partial charge < -0.3 is 15.4 Å². The lowest BCUT2D eigenvalue weighted by atomic mass is 10.1. The van der Waals surface area contributed by atoms with Gasteiger partial charge in [-0.25, -0.2) is 0 Å². The van der Waals surface area contributed by atoms with Gasteiger partial charge in [0, 0.05) is 25.2 Å². The molecule has 0 saturated heterocycles. The number of rotatable bonds is 6. The van der Waals surface area contributed by atoms with E-state index < -0.39 is 0 Å². The number of benzene rings is 2. The molecule has 2 aromatic carbocycles. The van der Waals surface area contributed by atoms with Crippen LogP contribution in [0, 0.1) is 6.92 Å². The van der Waals surface area contributed by atoms with Gasteiger partial charge in [-0.3, -0.25) is 9.98 Å². The highest BCUT2D eigenvalue weighted by Crippen LogP contribution is 2.17. The molecule has 5 nitrogen and oxygen atoms in total. The summed E-state index contributed by atoms with van der Waals surface area (Å²) in [6, 6.07) is 18.3. The molecule has 148 valence electrons. The van der Waals surface area contributed by atoms with E-state index in [1.165, 1.54) is 0 Å². The fourth-order valence-electron chi connectivity index (χ4n) is 2.90. The fraction of sp³-hybridized carbons (Fsp3) is 0.273. The quantitative estimate of drug-likeness (QED) is 0.308. The molecule has 2 N–H and O–H groups in total. The monoisotopic (exact) mass is 490 g/mol. The summed E-state index contributed by atoms with van der Waals surface area (Å²) in [5.74, 6) is 1.65. The number of fused-ring (bicyclic) bond motifs is 1. The first-order valence-corrected chi connectivity index (χ1v) is 9.17. The van der Waals surface area contributed by atoms with Crippen molar-refractivity contribution in [2.24, 2.45) is 4.99 Å². The molecule has 0 aliphatic carbocycles. The SMILES string of the molecule is CN=C(NCc1cccc2cccnc12)NCC(C)Oc1ccccc1C.I. The second-order valence-electron chi connectivity index (χ2n) is 6.49. The highest BCUT2D eigenvalue weighted by atomic mass is 127. The third kappa shape index (κ3) is 5.82. The van der Waals surface area contributed by atoms with Crippen molar-refractivity contribution in [2.75, 3.05) is 13.6 Å². The molecule has 0 amide bonds. The van der Waals surface area contributed by atoms with E-state index in [1.807, 2.05) is 50.4 Å². The second-order valence-corrected chi connectivity index (χ2v) is 6.49. The highest BCUT2D eigenvalue weighted by Gasteiger charge is 2.08. The van der Waals surface area contributed by atoms with Crippen LogP contribution >= 0.6 is 24.0 Å². The van der Waals surface area contributed by atoms with Gasteiger partial charge in [0.2, 0.25) is 0 Å². The first kappa shape index (κ1) is 21.9. The van der Waals surface area contributed by atoms with E-state index in [4.69, 9.17) is 4.74 Å². The van der Waals surface area contributed by atoms with E-state index in [2.05, 4.69) is 44.9 Å². The summed E-state index contributed by atoms with van der Waals surface area (Å²) in [6.45, 7) is 5.40. The van der Waals surface area contributed by atoms with Crippen molar-refractivity contribution in [3.63, 3.8) is 0 Å². The number of aliphatic imine (C=N–C) groups is 1. The van der Waals surface area contributed by atoms with Crippen LogP contribution in [0.3, 0.4) is 0 Å². The molecule has 6 heteroatoms. The van der Waals surface area contributed by atoms with Crippen LogP contribution in [0.25, 0.3) is 10.9 Å². The first-order chi connectivity index (χ1) is 13.2. The number of halogens is 1. The largest absolute Gasteiger partial charge is 0.489 e. The van der Waals surface area contributed by atoms with Crippen LogP contribution in [0.15, 0.2) is 65.8 Å². The molecule has 3 aromatic rings. The molecule has 0 radical (unpaired) electrons. The van der Waals surface area contributed by atoms with Gasteiger partial charge in [-0.05, 0) is 37.1 Å². The summed E-state index contributed by atoms with van der Waals surface area (Å²) in [6.07, 6.45) is 1.84. The Labute approximate surface area is 183 Å². The van der Waals surface area contributed by atoms with E-state index in [9.17, 15) is 0 Å². The molecular weight excluding hydrogens is 463 g/mol. The van der Waals surface area contributed by atoms with E-state index >= 15 is 0 Å². The van der Waals surface area contributed by atoms with Gasteiger partial charge in [-0.1, -0.05) is 42.5 Å². The number of aromatic nitrogens is 1. The average molecular weight is 490 g/mol. The van der Waals surface area contributed by atoms with Crippen LogP contribution in [0.4, 0.5) is 0 Å². The van der Waals surface area contributed by atoms with Crippen molar-refractivity contribution >= 4 is 40.8 Å². The summed E-state index contributed by atoms with van der Waals surface area (Å²) >= 11 is 0. The lowest BCUT2D eigenvalue weighted by Crippen LogP contribution is -2.41. The molecule has 1 unspecified atom stereocenters. The van der Waals surface area contributed by atoms with Gasteiger partial charge in [-0.15, -0.1) is 24.0 Å². The summed E-state index contributed by atoms with van der Waals surface area (Å²) in [5, 5.41) is 7.81. The predicted octanol–water partition coefficient (Wildman–Crippen LogP) is 4.29. The number of guanidine groups is 1. The second kappa shape index (κ2) is 10.8. The number of pyridine rings is 1. The molecule has 0 bridgehead atoms. The van der Waals surface area contributed by atoms with E-state index in [1.54, 1.807) is 7.05 Å². The minimum absolute atomic E-state index is 0. The molecule has 0 aliphatic heterocycles. The van der Waals surface area contributed by atoms with Crippen molar-refractivity contribution < 1.29 is 4.74 Å². The lowest BCUT2D eigenvalue weighted by Gasteiger charge is -2.19. The molecule has 28 heavy (non-hydrogen) atoms. The normalized spacial score (nSPS) is 12.2. The Balaban J connectivity index is 0.00000280. The maximum atomic E-state index is 6.01. The zero-order valence-electron chi connectivity index (χ0n) is 16.5. The van der Waals surface area contributed by atoms with Crippen molar-refractivity contribution in [1.82, 2.24) is 15.6 Å². The maximum Gasteiger partial charge on any atom is 0.191 e. The molecular formula is C22H27IN4O. The number of para-hydroxylation sites is 2. The third-order valence-electron chi connectivity index (χ3n) is 4.36. The Morgan fingerprint density at radius 1 is 1.07 bits per heavy atom. The summed E-state index contributed by atoms with van der Waals surface area (Å²) in [7, 11) is 1.77. The van der Waals surface area contributed by atoms with E-state index in [0.717, 1.165) is 33.7 Å². The third-order valence-corrected chi connectivity index (χ3v) is 4.36.